The van der Waals surface area contributed by atoms with E-state index in [4.69, 9.17) is 17.2 Å². The molecule has 4 rings (SSSR count). The minimum absolute atomic E-state index is 0.0616. The van der Waals surface area contributed by atoms with E-state index in [2.05, 4.69) is 42.2 Å². The third-order valence-electron chi connectivity index (χ3n) is 12.4. The van der Waals surface area contributed by atoms with E-state index in [1.165, 1.54) is 6.92 Å². The van der Waals surface area contributed by atoms with Crippen LogP contribution in [0.5, 0.6) is 0 Å². The van der Waals surface area contributed by atoms with Gasteiger partial charge in [-0.25, -0.2) is 0 Å². The SMILES string of the molecule is CC(C)CC(NC(=O)C(CC1CCCCC1)NC(=O)CNC(=O)C(NC(=O)C(C)NC(=O)C(Cc1c[nH]c2ccccc12)NC(=O)C(CCC(N)=O)NC(=O)C(N)Cc1ccccc1)C(C)C)C(N)=O. The second-order valence-electron chi connectivity index (χ2n) is 19.1. The standard InChI is InChI=1S/C50H73N11O9/c1-28(2)22-38(44(53)64)59-49(69)39(24-32-16-10-7-11-17-32)57-42(63)27-55-50(70)43(29(3)4)61-45(65)30(5)56-48(68)40(25-33-26-54-36-19-13-12-18-34(33)36)60-47(67)37(20-21-41(52)62)58-46(66)35(51)23-31-14-8-6-9-15-31/h6,8-9,12-15,18-19,26,28-30,32,35,37-40,43,54H,7,10-11,16-17,20-25,27,51H2,1-5H3,(H2,52,62)(H2,53,64)(H,55,70)(H,56,68)(H,57,63)(H,58,66)(H,59,69)(H,60,67)(H,61,65). The molecule has 20 nitrogen and oxygen atoms in total. The van der Waals surface area contributed by atoms with Crippen molar-refractivity contribution in [3.05, 3.63) is 71.9 Å². The zero-order valence-corrected chi connectivity index (χ0v) is 40.9. The van der Waals surface area contributed by atoms with E-state index < -0.39 is 108 Å². The Hall–Kier alpha value is -6.83. The van der Waals surface area contributed by atoms with E-state index in [-0.39, 0.29) is 37.5 Å². The summed E-state index contributed by atoms with van der Waals surface area (Å²) in [5.41, 5.74) is 19.4. The fraction of sp³-hybridized carbons (Fsp3) is 0.540. The highest BCUT2D eigenvalue weighted by molar-refractivity contribution is 5.97. The smallest absolute Gasteiger partial charge is 0.243 e. The molecule has 1 aliphatic carbocycles. The fourth-order valence-electron chi connectivity index (χ4n) is 8.49. The molecule has 0 spiro atoms. The van der Waals surface area contributed by atoms with Crippen LogP contribution in [0.25, 0.3) is 10.9 Å². The normalized spacial score (nSPS) is 15.8. The number of carbonyl (C=O) groups excluding carboxylic acids is 9. The third-order valence-corrected chi connectivity index (χ3v) is 12.4. The van der Waals surface area contributed by atoms with Crippen LogP contribution in [0.3, 0.4) is 0 Å². The molecule has 1 fully saturated rings. The highest BCUT2D eigenvalue weighted by Crippen LogP contribution is 2.27. The first-order chi connectivity index (χ1) is 33.2. The van der Waals surface area contributed by atoms with Gasteiger partial charge in [-0.2, -0.15) is 0 Å². The van der Waals surface area contributed by atoms with Crippen LogP contribution in [0.2, 0.25) is 0 Å². The van der Waals surface area contributed by atoms with Gasteiger partial charge in [0, 0.05) is 29.9 Å². The van der Waals surface area contributed by atoms with Crippen LogP contribution in [-0.2, 0) is 56.0 Å². The number of para-hydroxylation sites is 1. The third kappa shape index (κ3) is 17.9. The number of primary amides is 2. The molecule has 0 aliphatic heterocycles. The predicted octanol–water partition coefficient (Wildman–Crippen LogP) is 0.749. The molecule has 70 heavy (non-hydrogen) atoms. The summed E-state index contributed by atoms with van der Waals surface area (Å²) in [5.74, 6) is -6.57. The molecule has 0 saturated heterocycles. The lowest BCUT2D eigenvalue weighted by Crippen LogP contribution is -2.59. The van der Waals surface area contributed by atoms with Gasteiger partial charge in [-0.15, -0.1) is 0 Å². The van der Waals surface area contributed by atoms with Crippen LogP contribution in [0.15, 0.2) is 60.8 Å². The summed E-state index contributed by atoms with van der Waals surface area (Å²) in [6, 6.07) is 8.31. The lowest BCUT2D eigenvalue weighted by molar-refractivity contribution is -0.135. The fourth-order valence-corrected chi connectivity index (χ4v) is 8.49. The van der Waals surface area contributed by atoms with Crippen molar-refractivity contribution < 1.29 is 43.2 Å². The van der Waals surface area contributed by atoms with Crippen LogP contribution in [0.4, 0.5) is 0 Å². The molecule has 1 heterocycles. The molecule has 7 unspecified atom stereocenters. The number of H-pyrrole nitrogens is 1. The number of rotatable bonds is 27. The lowest BCUT2D eigenvalue weighted by Gasteiger charge is -2.28. The van der Waals surface area contributed by atoms with E-state index in [1.54, 1.807) is 44.3 Å². The number of nitrogens with one attached hydrogen (secondary N) is 8. The van der Waals surface area contributed by atoms with Crippen molar-refractivity contribution in [1.82, 2.24) is 42.2 Å². The molecule has 2 aromatic carbocycles. The highest BCUT2D eigenvalue weighted by Gasteiger charge is 2.34. The molecular weight excluding hydrogens is 899 g/mol. The number of amides is 9. The summed E-state index contributed by atoms with van der Waals surface area (Å²) in [6.45, 7) is 8.01. The van der Waals surface area contributed by atoms with Gasteiger partial charge in [-0.05, 0) is 67.6 Å². The Balaban J connectivity index is 1.44. The van der Waals surface area contributed by atoms with Crippen molar-refractivity contribution in [2.45, 2.75) is 148 Å². The van der Waals surface area contributed by atoms with Crippen molar-refractivity contribution in [3.8, 4) is 0 Å². The molecule has 7 atom stereocenters. The van der Waals surface area contributed by atoms with Gasteiger partial charge in [0.15, 0.2) is 0 Å². The van der Waals surface area contributed by atoms with Crippen molar-refractivity contribution in [2.75, 3.05) is 6.54 Å². The molecule has 9 amide bonds. The van der Waals surface area contributed by atoms with Crippen molar-refractivity contribution >= 4 is 64.1 Å². The van der Waals surface area contributed by atoms with E-state index in [0.29, 0.717) is 18.4 Å². The molecule has 1 saturated carbocycles. The van der Waals surface area contributed by atoms with Gasteiger partial charge < -0.3 is 59.4 Å². The van der Waals surface area contributed by atoms with Gasteiger partial charge in [-0.3, -0.25) is 43.2 Å². The van der Waals surface area contributed by atoms with Gasteiger partial charge in [-0.1, -0.05) is 108 Å². The number of aromatic nitrogens is 1. The number of fused-ring (bicyclic) bond motifs is 1. The molecule has 14 N–H and O–H groups in total. The second-order valence-corrected chi connectivity index (χ2v) is 19.1. The summed E-state index contributed by atoms with van der Waals surface area (Å²) in [4.78, 5) is 123. The van der Waals surface area contributed by atoms with Gasteiger partial charge in [0.05, 0.1) is 12.6 Å². The number of nitrogens with two attached hydrogens (primary N) is 3. The average Bonchev–Trinajstić information content (AvgIpc) is 3.72. The Morgan fingerprint density at radius 3 is 1.90 bits per heavy atom. The van der Waals surface area contributed by atoms with Gasteiger partial charge in [0.25, 0.3) is 0 Å². The number of aromatic amines is 1. The van der Waals surface area contributed by atoms with E-state index >= 15 is 0 Å². The molecule has 0 radical (unpaired) electrons. The molecule has 0 bridgehead atoms. The van der Waals surface area contributed by atoms with E-state index in [9.17, 15) is 43.2 Å². The topological polar surface area (TPSA) is 332 Å². The Kier molecular flexibility index (Phi) is 21.8. The molecule has 20 heteroatoms. The van der Waals surface area contributed by atoms with Gasteiger partial charge >= 0.3 is 0 Å². The minimum atomic E-state index is -1.32. The summed E-state index contributed by atoms with van der Waals surface area (Å²) in [6.07, 6.45) is 6.85. The maximum atomic E-state index is 14.1. The summed E-state index contributed by atoms with van der Waals surface area (Å²) >= 11 is 0. The lowest BCUT2D eigenvalue weighted by atomic mass is 9.84. The summed E-state index contributed by atoms with van der Waals surface area (Å²) < 4.78 is 0. The van der Waals surface area contributed by atoms with Crippen molar-refractivity contribution in [3.63, 3.8) is 0 Å². The first kappa shape index (κ1) is 55.8. The molecular formula is C50H73N11O9. The predicted molar refractivity (Wildman–Crippen MR) is 263 cm³/mol. The summed E-state index contributed by atoms with van der Waals surface area (Å²) in [5, 5.41) is 19.3. The maximum Gasteiger partial charge on any atom is 0.243 e. The first-order valence-electron chi connectivity index (χ1n) is 24.2. The number of hydrogen-bond acceptors (Lipinski definition) is 10. The first-order valence-corrected chi connectivity index (χ1v) is 24.2. The number of hydrogen-bond donors (Lipinski definition) is 11. The van der Waals surface area contributed by atoms with Crippen LogP contribution in [0.1, 0.15) is 104 Å². The Bertz CT molecular complexity index is 2280. The minimum Gasteiger partial charge on any atom is -0.370 e. The molecule has 1 aromatic heterocycles. The van der Waals surface area contributed by atoms with Gasteiger partial charge in [0.2, 0.25) is 53.2 Å². The van der Waals surface area contributed by atoms with Gasteiger partial charge in [0.1, 0.15) is 36.3 Å². The Morgan fingerprint density at radius 1 is 0.643 bits per heavy atom. The monoisotopic (exact) mass is 972 g/mol. The second kappa shape index (κ2) is 27.4. The Labute approximate surface area is 409 Å². The zero-order chi connectivity index (χ0) is 51.5. The molecule has 382 valence electrons. The maximum absolute atomic E-state index is 14.1. The van der Waals surface area contributed by atoms with Crippen molar-refractivity contribution in [2.24, 2.45) is 35.0 Å². The highest BCUT2D eigenvalue weighted by atomic mass is 16.2. The van der Waals surface area contributed by atoms with E-state index in [1.807, 2.05) is 44.2 Å². The van der Waals surface area contributed by atoms with Crippen LogP contribution in [0, 0.1) is 17.8 Å². The molecule has 3 aromatic rings. The molecule has 1 aliphatic rings. The van der Waals surface area contributed by atoms with Crippen molar-refractivity contribution in [1.29, 1.82) is 0 Å². The quantitative estimate of drug-likeness (QED) is 0.0509. The number of carbonyl (C=O) groups is 9. The largest absolute Gasteiger partial charge is 0.370 e. The number of benzene rings is 2. The van der Waals surface area contributed by atoms with Crippen LogP contribution >= 0.6 is 0 Å². The average molecular weight is 972 g/mol. The van der Waals surface area contributed by atoms with Crippen LogP contribution in [-0.4, -0.2) is 107 Å². The van der Waals surface area contributed by atoms with E-state index in [0.717, 1.165) is 48.6 Å². The van der Waals surface area contributed by atoms with Crippen LogP contribution < -0.4 is 54.4 Å². The zero-order valence-electron chi connectivity index (χ0n) is 40.9. The summed E-state index contributed by atoms with van der Waals surface area (Å²) in [7, 11) is 0. The Morgan fingerprint density at radius 2 is 1.26 bits per heavy atom.